The van der Waals surface area contributed by atoms with Crippen LogP contribution in [0.3, 0.4) is 0 Å². The summed E-state index contributed by atoms with van der Waals surface area (Å²) in [6, 6.07) is 21.6. The number of carbonyl (C=O) groups excluding carboxylic acids is 2. The van der Waals surface area contributed by atoms with Crippen molar-refractivity contribution < 1.29 is 9.59 Å². The van der Waals surface area contributed by atoms with E-state index in [9.17, 15) is 9.59 Å². The minimum absolute atomic E-state index is 0.175. The number of nitrogens with one attached hydrogen (secondary N) is 2. The molecule has 1 unspecified atom stereocenters. The van der Waals surface area contributed by atoms with Crippen molar-refractivity contribution in [2.45, 2.75) is 13.0 Å². The number of amides is 2. The Labute approximate surface area is 182 Å². The van der Waals surface area contributed by atoms with Crippen LogP contribution < -0.4 is 15.5 Å². The summed E-state index contributed by atoms with van der Waals surface area (Å²) >= 11 is 0. The first-order chi connectivity index (χ1) is 15.0. The van der Waals surface area contributed by atoms with Gasteiger partial charge in [-0.15, -0.1) is 0 Å². The Balaban J connectivity index is 1.98. The van der Waals surface area contributed by atoms with Crippen molar-refractivity contribution in [1.29, 1.82) is 0 Å². The minimum atomic E-state index is -0.373. The predicted molar refractivity (Wildman–Crippen MR) is 123 cm³/mol. The second-order valence-electron chi connectivity index (χ2n) is 6.91. The van der Waals surface area contributed by atoms with Gasteiger partial charge >= 0.3 is 0 Å². The second-order valence-corrected chi connectivity index (χ2v) is 6.91. The Morgan fingerprint density at radius 1 is 0.935 bits per heavy atom. The van der Waals surface area contributed by atoms with E-state index >= 15 is 0 Å². The van der Waals surface area contributed by atoms with Crippen LogP contribution >= 0.6 is 0 Å². The number of carbonyl (C=O) groups is 2. The first-order valence-electron chi connectivity index (χ1n) is 9.89. The molecule has 0 saturated carbocycles. The van der Waals surface area contributed by atoms with Gasteiger partial charge in [-0.05, 0) is 56.3 Å². The average Bonchev–Trinajstić information content (AvgIpc) is 2.82. The summed E-state index contributed by atoms with van der Waals surface area (Å²) in [5.74, 6) is 6.11. The lowest BCUT2D eigenvalue weighted by Gasteiger charge is -2.19. The Morgan fingerprint density at radius 2 is 1.58 bits per heavy atom. The maximum absolute atomic E-state index is 12.9. The van der Waals surface area contributed by atoms with Crippen LogP contribution in [0.4, 0.5) is 11.5 Å². The molecule has 1 heterocycles. The number of nitrogens with zero attached hydrogens (tertiary/aromatic N) is 2. The maximum Gasteiger partial charge on any atom is 0.258 e. The summed E-state index contributed by atoms with van der Waals surface area (Å²) in [6.07, 6.45) is 0. The second kappa shape index (κ2) is 10.2. The van der Waals surface area contributed by atoms with Crippen molar-refractivity contribution in [1.82, 2.24) is 10.3 Å². The third-order valence-electron chi connectivity index (χ3n) is 4.74. The van der Waals surface area contributed by atoms with E-state index in [1.54, 1.807) is 45.3 Å². The van der Waals surface area contributed by atoms with Crippen molar-refractivity contribution in [2.24, 2.45) is 0 Å². The molecule has 1 atom stereocenters. The molecule has 0 aliphatic rings. The van der Waals surface area contributed by atoms with Gasteiger partial charge in [0.15, 0.2) is 0 Å². The summed E-state index contributed by atoms with van der Waals surface area (Å²) in [5.41, 5.74) is 2.33. The topological polar surface area (TPSA) is 74.3 Å². The summed E-state index contributed by atoms with van der Waals surface area (Å²) in [7, 11) is 3.39. The Morgan fingerprint density at radius 3 is 2.23 bits per heavy atom. The first kappa shape index (κ1) is 21.8. The van der Waals surface area contributed by atoms with Gasteiger partial charge in [-0.2, -0.15) is 0 Å². The number of hydrogen-bond donors (Lipinski definition) is 2. The molecule has 0 spiro atoms. The maximum atomic E-state index is 12.9. The van der Waals surface area contributed by atoms with Gasteiger partial charge in [0.25, 0.3) is 5.91 Å². The molecule has 0 aliphatic heterocycles. The van der Waals surface area contributed by atoms with E-state index in [2.05, 4.69) is 27.5 Å². The van der Waals surface area contributed by atoms with E-state index in [-0.39, 0.29) is 17.9 Å². The standard InChI is InChI=1S/C25H24N4O2/c1-18(26-2)24(30)28-23-17-16-22(29(3)25(31)20-12-8-5-9-13-20)21(27-23)15-14-19-10-6-4-7-11-19/h4-13,16-18,26H,1-3H3,(H,27,28,30). The van der Waals surface area contributed by atoms with Crippen LogP contribution in [0.15, 0.2) is 72.8 Å². The van der Waals surface area contributed by atoms with Gasteiger partial charge in [-0.25, -0.2) is 4.98 Å². The lowest BCUT2D eigenvalue weighted by atomic mass is 10.1. The normalized spacial score (nSPS) is 11.1. The fourth-order valence-corrected chi connectivity index (χ4v) is 2.79. The lowest BCUT2D eigenvalue weighted by Crippen LogP contribution is -2.35. The molecule has 0 bridgehead atoms. The fraction of sp³-hybridized carbons (Fsp3) is 0.160. The molecule has 0 aliphatic carbocycles. The van der Waals surface area contributed by atoms with E-state index < -0.39 is 0 Å². The smallest absolute Gasteiger partial charge is 0.258 e. The molecule has 6 nitrogen and oxygen atoms in total. The van der Waals surface area contributed by atoms with E-state index in [4.69, 9.17) is 0 Å². The third-order valence-corrected chi connectivity index (χ3v) is 4.74. The molecular weight excluding hydrogens is 388 g/mol. The zero-order chi connectivity index (χ0) is 22.2. The Bertz CT molecular complexity index is 1120. The molecular formula is C25H24N4O2. The third kappa shape index (κ3) is 5.56. The van der Waals surface area contributed by atoms with Crippen LogP contribution in [0.2, 0.25) is 0 Å². The summed E-state index contributed by atoms with van der Waals surface area (Å²) in [5, 5.41) is 5.66. The van der Waals surface area contributed by atoms with E-state index in [0.717, 1.165) is 5.56 Å². The summed E-state index contributed by atoms with van der Waals surface area (Å²) < 4.78 is 0. The van der Waals surface area contributed by atoms with Crippen molar-refractivity contribution >= 4 is 23.3 Å². The molecule has 156 valence electrons. The van der Waals surface area contributed by atoms with Crippen LogP contribution in [-0.4, -0.2) is 36.9 Å². The fourth-order valence-electron chi connectivity index (χ4n) is 2.79. The van der Waals surface area contributed by atoms with Crippen molar-refractivity contribution in [3.05, 3.63) is 89.6 Å². The molecule has 1 aromatic heterocycles. The van der Waals surface area contributed by atoms with E-state index in [1.807, 2.05) is 48.5 Å². The van der Waals surface area contributed by atoms with Gasteiger partial charge in [-0.3, -0.25) is 9.59 Å². The largest absolute Gasteiger partial charge is 0.309 e. The molecule has 3 aromatic rings. The zero-order valence-corrected chi connectivity index (χ0v) is 17.7. The molecule has 0 fully saturated rings. The Kier molecular flexibility index (Phi) is 7.15. The number of anilines is 2. The molecule has 31 heavy (non-hydrogen) atoms. The number of aromatic nitrogens is 1. The highest BCUT2D eigenvalue weighted by Gasteiger charge is 2.18. The van der Waals surface area contributed by atoms with Gasteiger partial charge in [0, 0.05) is 18.2 Å². The van der Waals surface area contributed by atoms with E-state index in [1.165, 1.54) is 4.90 Å². The summed E-state index contributed by atoms with van der Waals surface area (Å²) in [6.45, 7) is 1.76. The highest BCUT2D eigenvalue weighted by Crippen LogP contribution is 2.22. The quantitative estimate of drug-likeness (QED) is 0.631. The van der Waals surface area contributed by atoms with Gasteiger partial charge in [0.05, 0.1) is 11.7 Å². The lowest BCUT2D eigenvalue weighted by molar-refractivity contribution is -0.117. The first-order valence-corrected chi connectivity index (χ1v) is 9.89. The van der Waals surface area contributed by atoms with Gasteiger partial charge < -0.3 is 15.5 Å². The molecule has 2 N–H and O–H groups in total. The summed E-state index contributed by atoms with van der Waals surface area (Å²) in [4.78, 5) is 31.2. The Hall–Kier alpha value is -3.95. The molecule has 0 saturated heterocycles. The molecule has 3 rings (SSSR count). The molecule has 2 amide bonds. The number of pyridine rings is 1. The van der Waals surface area contributed by atoms with Crippen molar-refractivity contribution in [3.63, 3.8) is 0 Å². The number of benzene rings is 2. The SMILES string of the molecule is CNC(C)C(=O)Nc1ccc(N(C)C(=O)c2ccccc2)c(C#Cc2ccccc2)n1. The van der Waals surface area contributed by atoms with E-state index in [0.29, 0.717) is 22.8 Å². The highest BCUT2D eigenvalue weighted by molar-refractivity contribution is 6.06. The van der Waals surface area contributed by atoms with Crippen LogP contribution in [0, 0.1) is 11.8 Å². The average molecular weight is 412 g/mol. The zero-order valence-electron chi connectivity index (χ0n) is 17.7. The van der Waals surface area contributed by atoms with Crippen molar-refractivity contribution in [2.75, 3.05) is 24.3 Å². The molecule has 0 radical (unpaired) electrons. The molecule has 2 aromatic carbocycles. The van der Waals surface area contributed by atoms with Crippen LogP contribution in [0.1, 0.15) is 28.5 Å². The predicted octanol–water partition coefficient (Wildman–Crippen LogP) is 3.30. The molecule has 6 heteroatoms. The monoisotopic (exact) mass is 412 g/mol. The number of hydrogen-bond acceptors (Lipinski definition) is 4. The van der Waals surface area contributed by atoms with Crippen LogP contribution in [-0.2, 0) is 4.79 Å². The van der Waals surface area contributed by atoms with Gasteiger partial charge in [0.1, 0.15) is 11.5 Å². The number of likely N-dealkylation sites (N-methyl/N-ethyl adjacent to an activating group) is 1. The van der Waals surface area contributed by atoms with Gasteiger partial charge in [-0.1, -0.05) is 42.3 Å². The van der Waals surface area contributed by atoms with Crippen LogP contribution in [0.25, 0.3) is 0 Å². The van der Waals surface area contributed by atoms with Crippen LogP contribution in [0.5, 0.6) is 0 Å². The van der Waals surface area contributed by atoms with Gasteiger partial charge in [0.2, 0.25) is 5.91 Å². The number of rotatable bonds is 5. The minimum Gasteiger partial charge on any atom is -0.309 e. The highest BCUT2D eigenvalue weighted by atomic mass is 16.2. The van der Waals surface area contributed by atoms with Crippen molar-refractivity contribution in [3.8, 4) is 11.8 Å².